The minimum absolute atomic E-state index is 0.675. The number of aryl methyl sites for hydroxylation is 1. The maximum Gasteiger partial charge on any atom is 0.203 e. The molecule has 0 bridgehead atoms. The zero-order valence-corrected chi connectivity index (χ0v) is 13.3. The zero-order valence-electron chi connectivity index (χ0n) is 12.5. The highest BCUT2D eigenvalue weighted by molar-refractivity contribution is 7.13. The van der Waals surface area contributed by atoms with E-state index in [0.717, 1.165) is 29.4 Å². The third kappa shape index (κ3) is 5.65. The summed E-state index contributed by atoms with van der Waals surface area (Å²) in [5.74, 6) is 0. The quantitative estimate of drug-likeness (QED) is 0.451. The molecule has 0 saturated carbocycles. The second kappa shape index (κ2) is 8.54. The summed E-state index contributed by atoms with van der Waals surface area (Å²) in [7, 11) is 0. The average Bonchev–Trinajstić information content (AvgIpc) is 2.91. The van der Waals surface area contributed by atoms with Gasteiger partial charge in [0, 0.05) is 12.0 Å². The molecular formula is C16H21N3OS. The fourth-order valence-electron chi connectivity index (χ4n) is 1.70. The number of aromatic nitrogens is 1. The summed E-state index contributed by atoms with van der Waals surface area (Å²) in [6, 6.07) is 8.22. The van der Waals surface area contributed by atoms with E-state index in [2.05, 4.69) is 34.6 Å². The molecule has 5 heteroatoms. The van der Waals surface area contributed by atoms with E-state index in [4.69, 9.17) is 4.74 Å². The van der Waals surface area contributed by atoms with E-state index in [9.17, 15) is 0 Å². The van der Waals surface area contributed by atoms with Crippen LogP contribution in [0.4, 0.5) is 5.13 Å². The Kier molecular flexibility index (Phi) is 6.37. The predicted molar refractivity (Wildman–Crippen MR) is 89.1 cm³/mol. The van der Waals surface area contributed by atoms with Crippen molar-refractivity contribution in [2.45, 2.75) is 33.3 Å². The highest BCUT2D eigenvalue weighted by Gasteiger charge is 1.96. The molecule has 0 fully saturated rings. The van der Waals surface area contributed by atoms with E-state index in [1.165, 1.54) is 12.0 Å². The van der Waals surface area contributed by atoms with Crippen molar-refractivity contribution in [3.8, 4) is 0 Å². The molecule has 0 atom stereocenters. The Balaban J connectivity index is 1.78. The molecule has 0 unspecified atom stereocenters. The molecule has 112 valence electrons. The number of hydrogen-bond acceptors (Lipinski definition) is 5. The number of hydrazone groups is 1. The van der Waals surface area contributed by atoms with Crippen LogP contribution in [-0.2, 0) is 11.3 Å². The fourth-order valence-corrected chi connectivity index (χ4v) is 2.34. The third-order valence-electron chi connectivity index (χ3n) is 2.88. The van der Waals surface area contributed by atoms with Crippen LogP contribution >= 0.6 is 11.3 Å². The fraction of sp³-hybridized carbons (Fsp3) is 0.375. The third-order valence-corrected chi connectivity index (χ3v) is 3.75. The Morgan fingerprint density at radius 1 is 1.33 bits per heavy atom. The highest BCUT2D eigenvalue weighted by atomic mass is 32.1. The number of thiazole rings is 1. The Bertz CT molecular complexity index is 563. The topological polar surface area (TPSA) is 46.5 Å². The summed E-state index contributed by atoms with van der Waals surface area (Å²) in [6.45, 7) is 5.64. The van der Waals surface area contributed by atoms with Gasteiger partial charge < -0.3 is 4.74 Å². The van der Waals surface area contributed by atoms with Crippen molar-refractivity contribution < 1.29 is 4.74 Å². The van der Waals surface area contributed by atoms with Gasteiger partial charge in [0.1, 0.15) is 0 Å². The normalized spacial score (nSPS) is 11.1. The molecule has 21 heavy (non-hydrogen) atoms. The van der Waals surface area contributed by atoms with Gasteiger partial charge in [-0.05, 0) is 24.5 Å². The van der Waals surface area contributed by atoms with Crippen LogP contribution in [0.25, 0.3) is 0 Å². The highest BCUT2D eigenvalue weighted by Crippen LogP contribution is 2.14. The predicted octanol–water partition coefficient (Wildman–Crippen LogP) is 4.21. The van der Waals surface area contributed by atoms with Crippen LogP contribution in [0.1, 0.15) is 36.6 Å². The summed E-state index contributed by atoms with van der Waals surface area (Å²) < 4.78 is 5.59. The van der Waals surface area contributed by atoms with Gasteiger partial charge in [0.05, 0.1) is 18.5 Å². The molecule has 0 aliphatic rings. The maximum atomic E-state index is 5.59. The van der Waals surface area contributed by atoms with Gasteiger partial charge in [0.15, 0.2) is 0 Å². The average molecular weight is 303 g/mol. The van der Waals surface area contributed by atoms with E-state index in [1.54, 1.807) is 17.6 Å². The Hall–Kier alpha value is -1.72. The van der Waals surface area contributed by atoms with Gasteiger partial charge in [-0.15, -0.1) is 11.3 Å². The lowest BCUT2D eigenvalue weighted by Crippen LogP contribution is -1.95. The van der Waals surface area contributed by atoms with Crippen molar-refractivity contribution in [3.05, 3.63) is 46.5 Å². The molecule has 0 aliphatic heterocycles. The van der Waals surface area contributed by atoms with E-state index >= 15 is 0 Å². The Morgan fingerprint density at radius 2 is 2.14 bits per heavy atom. The number of hydrogen-bond donors (Lipinski definition) is 1. The summed E-state index contributed by atoms with van der Waals surface area (Å²) in [5.41, 5.74) is 6.17. The molecule has 0 saturated heterocycles. The number of rotatable bonds is 8. The molecule has 1 heterocycles. The minimum Gasteiger partial charge on any atom is -0.377 e. The first-order valence-electron chi connectivity index (χ1n) is 7.16. The number of ether oxygens (including phenoxy) is 1. The van der Waals surface area contributed by atoms with Gasteiger partial charge >= 0.3 is 0 Å². The van der Waals surface area contributed by atoms with E-state index in [-0.39, 0.29) is 0 Å². The summed E-state index contributed by atoms with van der Waals surface area (Å²) in [4.78, 5) is 4.28. The van der Waals surface area contributed by atoms with Crippen LogP contribution in [0.15, 0.2) is 34.7 Å². The molecule has 2 rings (SSSR count). The van der Waals surface area contributed by atoms with Crippen LogP contribution in [0.5, 0.6) is 0 Å². The van der Waals surface area contributed by atoms with Gasteiger partial charge in [-0.2, -0.15) is 5.10 Å². The summed E-state index contributed by atoms with van der Waals surface area (Å²) in [6.07, 6.45) is 4.08. The maximum absolute atomic E-state index is 5.59. The van der Waals surface area contributed by atoms with Gasteiger partial charge in [-0.25, -0.2) is 4.98 Å². The molecule has 4 nitrogen and oxygen atoms in total. The van der Waals surface area contributed by atoms with Crippen LogP contribution in [0.3, 0.4) is 0 Å². The standard InChI is InChI=1S/C16H21N3OS/c1-3-4-9-20-11-15-7-5-14(6-8-15)10-17-19-16-18-13(2)12-21-16/h5-8,10,12H,3-4,9,11H2,1-2H3,(H,18,19). The first-order chi connectivity index (χ1) is 10.3. The van der Waals surface area contributed by atoms with E-state index < -0.39 is 0 Å². The zero-order chi connectivity index (χ0) is 14.9. The van der Waals surface area contributed by atoms with Crippen molar-refractivity contribution in [3.63, 3.8) is 0 Å². The second-order valence-corrected chi connectivity index (χ2v) is 5.67. The molecule has 1 aromatic heterocycles. The van der Waals surface area contributed by atoms with Crippen molar-refractivity contribution in [1.82, 2.24) is 4.98 Å². The first-order valence-corrected chi connectivity index (χ1v) is 8.04. The largest absolute Gasteiger partial charge is 0.377 e. The molecule has 1 aromatic carbocycles. The van der Waals surface area contributed by atoms with Crippen LogP contribution in [0, 0.1) is 6.92 Å². The Labute approximate surface area is 129 Å². The molecule has 0 spiro atoms. The number of benzene rings is 1. The molecule has 0 radical (unpaired) electrons. The SMILES string of the molecule is CCCCOCc1ccc(C=NNc2nc(C)cs2)cc1. The van der Waals surface area contributed by atoms with Crippen molar-refractivity contribution in [2.24, 2.45) is 5.10 Å². The number of nitrogens with one attached hydrogen (secondary N) is 1. The second-order valence-electron chi connectivity index (χ2n) is 4.81. The lowest BCUT2D eigenvalue weighted by molar-refractivity contribution is 0.118. The Morgan fingerprint density at radius 3 is 2.81 bits per heavy atom. The van der Waals surface area contributed by atoms with E-state index in [1.807, 2.05) is 24.4 Å². The molecule has 1 N–H and O–H groups in total. The monoisotopic (exact) mass is 303 g/mol. The smallest absolute Gasteiger partial charge is 0.203 e. The lowest BCUT2D eigenvalue weighted by atomic mass is 10.1. The number of anilines is 1. The molecule has 2 aromatic rings. The number of unbranched alkanes of at least 4 members (excludes halogenated alkanes) is 1. The lowest BCUT2D eigenvalue weighted by Gasteiger charge is -2.03. The number of nitrogens with zero attached hydrogens (tertiary/aromatic N) is 2. The van der Waals surface area contributed by atoms with Crippen molar-refractivity contribution in [1.29, 1.82) is 0 Å². The van der Waals surface area contributed by atoms with E-state index in [0.29, 0.717) is 6.61 Å². The van der Waals surface area contributed by atoms with Gasteiger partial charge in [0.2, 0.25) is 5.13 Å². The molecule has 0 aliphatic carbocycles. The van der Waals surface area contributed by atoms with Crippen LogP contribution in [-0.4, -0.2) is 17.8 Å². The first kappa shape index (κ1) is 15.7. The summed E-state index contributed by atoms with van der Waals surface area (Å²) in [5, 5.41) is 6.98. The van der Waals surface area contributed by atoms with Crippen molar-refractivity contribution in [2.75, 3.05) is 12.0 Å². The molecule has 0 amide bonds. The van der Waals surface area contributed by atoms with Gasteiger partial charge in [-0.1, -0.05) is 37.6 Å². The van der Waals surface area contributed by atoms with Crippen LogP contribution in [0.2, 0.25) is 0 Å². The van der Waals surface area contributed by atoms with Crippen LogP contribution < -0.4 is 5.43 Å². The molecular weight excluding hydrogens is 282 g/mol. The van der Waals surface area contributed by atoms with Gasteiger partial charge in [-0.3, -0.25) is 5.43 Å². The minimum atomic E-state index is 0.675. The summed E-state index contributed by atoms with van der Waals surface area (Å²) >= 11 is 1.55. The van der Waals surface area contributed by atoms with Gasteiger partial charge in [0.25, 0.3) is 0 Å². The van der Waals surface area contributed by atoms with Crippen molar-refractivity contribution >= 4 is 22.7 Å².